The van der Waals surface area contributed by atoms with E-state index in [0.29, 0.717) is 4.75 Å². The molecule has 106 valence electrons. The monoisotopic (exact) mass is 383 g/mol. The van der Waals surface area contributed by atoms with Crippen molar-refractivity contribution in [2.75, 3.05) is 25.9 Å². The molecule has 1 aliphatic rings. The van der Waals surface area contributed by atoms with E-state index < -0.39 is 0 Å². The van der Waals surface area contributed by atoms with Gasteiger partial charge in [0.2, 0.25) is 0 Å². The van der Waals surface area contributed by atoms with E-state index in [2.05, 4.69) is 46.5 Å². The Kier molecular flexibility index (Phi) is 10.00. The van der Waals surface area contributed by atoms with Crippen LogP contribution in [0.25, 0.3) is 0 Å². The first-order chi connectivity index (χ1) is 8.20. The first kappa shape index (κ1) is 18.1. The lowest BCUT2D eigenvalue weighted by atomic mass is 10.1. The molecule has 0 radical (unpaired) electrons. The van der Waals surface area contributed by atoms with Gasteiger partial charge in [-0.25, -0.2) is 0 Å². The fourth-order valence-corrected chi connectivity index (χ4v) is 3.15. The molecule has 1 saturated heterocycles. The molecule has 2 N–H and O–H groups in total. The van der Waals surface area contributed by atoms with Crippen LogP contribution < -0.4 is 10.6 Å². The SMILES string of the molecule is C/C=C/CCNC(=NC)NCC1(C)CCCS1.I. The van der Waals surface area contributed by atoms with E-state index in [1.807, 2.05) is 14.0 Å². The third kappa shape index (κ3) is 6.87. The van der Waals surface area contributed by atoms with E-state index in [1.165, 1.54) is 18.6 Å². The molecule has 1 rings (SSSR count). The third-order valence-corrected chi connectivity index (χ3v) is 4.53. The molecule has 0 aromatic heterocycles. The van der Waals surface area contributed by atoms with Crippen molar-refractivity contribution in [2.45, 2.75) is 37.9 Å². The van der Waals surface area contributed by atoms with E-state index in [0.717, 1.165) is 25.5 Å². The summed E-state index contributed by atoms with van der Waals surface area (Å²) >= 11 is 2.07. The quantitative estimate of drug-likeness (QED) is 0.252. The van der Waals surface area contributed by atoms with Crippen LogP contribution in [0.5, 0.6) is 0 Å². The standard InChI is InChI=1S/C13H25N3S.HI/c1-4-5-6-9-15-12(14-3)16-11-13(2)8-7-10-17-13;/h4-5H,6-11H2,1-3H3,(H2,14,15,16);1H/b5-4+;. The summed E-state index contributed by atoms with van der Waals surface area (Å²) in [6, 6.07) is 0. The normalized spacial score (nSPS) is 24.1. The average molecular weight is 383 g/mol. The number of allylic oxidation sites excluding steroid dienone is 1. The summed E-state index contributed by atoms with van der Waals surface area (Å²) in [6.45, 7) is 6.32. The van der Waals surface area contributed by atoms with E-state index in [9.17, 15) is 0 Å². The molecule has 1 fully saturated rings. The van der Waals surface area contributed by atoms with Gasteiger partial charge in [0.05, 0.1) is 0 Å². The Bertz CT molecular complexity index is 273. The van der Waals surface area contributed by atoms with Crippen molar-refractivity contribution in [1.82, 2.24) is 10.6 Å². The van der Waals surface area contributed by atoms with Crippen LogP contribution in [0, 0.1) is 0 Å². The lowest BCUT2D eigenvalue weighted by molar-refractivity contribution is 0.585. The maximum atomic E-state index is 4.24. The van der Waals surface area contributed by atoms with Crippen LogP contribution in [-0.2, 0) is 0 Å². The topological polar surface area (TPSA) is 36.4 Å². The number of hydrogen-bond acceptors (Lipinski definition) is 2. The minimum atomic E-state index is 0. The minimum absolute atomic E-state index is 0. The molecule has 0 saturated carbocycles. The molecule has 1 aliphatic heterocycles. The van der Waals surface area contributed by atoms with Gasteiger partial charge in [-0.2, -0.15) is 11.8 Å². The fraction of sp³-hybridized carbons (Fsp3) is 0.769. The summed E-state index contributed by atoms with van der Waals surface area (Å²) in [5.41, 5.74) is 0. The van der Waals surface area contributed by atoms with Crippen molar-refractivity contribution >= 4 is 41.7 Å². The Morgan fingerprint density at radius 1 is 1.44 bits per heavy atom. The summed E-state index contributed by atoms with van der Waals surface area (Å²) < 4.78 is 0.390. The lowest BCUT2D eigenvalue weighted by Gasteiger charge is -2.24. The third-order valence-electron chi connectivity index (χ3n) is 2.99. The molecule has 1 atom stereocenters. The first-order valence-electron chi connectivity index (χ1n) is 6.40. The van der Waals surface area contributed by atoms with Crippen LogP contribution in [0.1, 0.15) is 33.1 Å². The Morgan fingerprint density at radius 2 is 2.22 bits per heavy atom. The zero-order chi connectivity index (χ0) is 12.6. The van der Waals surface area contributed by atoms with Gasteiger partial charge in [-0.1, -0.05) is 12.2 Å². The highest BCUT2D eigenvalue weighted by Crippen LogP contribution is 2.36. The molecule has 5 heteroatoms. The van der Waals surface area contributed by atoms with Crippen LogP contribution in [0.4, 0.5) is 0 Å². The number of halogens is 1. The van der Waals surface area contributed by atoms with Crippen LogP contribution >= 0.6 is 35.7 Å². The van der Waals surface area contributed by atoms with Crippen molar-refractivity contribution in [1.29, 1.82) is 0 Å². The van der Waals surface area contributed by atoms with Gasteiger partial charge in [0.25, 0.3) is 0 Å². The Hall–Kier alpha value is 0.0900. The van der Waals surface area contributed by atoms with Crippen molar-refractivity contribution in [2.24, 2.45) is 4.99 Å². The molecule has 0 amide bonds. The molecular weight excluding hydrogens is 357 g/mol. The van der Waals surface area contributed by atoms with Crippen LogP contribution in [-0.4, -0.2) is 36.6 Å². The van der Waals surface area contributed by atoms with Crippen LogP contribution in [0.15, 0.2) is 17.1 Å². The van der Waals surface area contributed by atoms with Crippen molar-refractivity contribution in [3.63, 3.8) is 0 Å². The van der Waals surface area contributed by atoms with Crippen molar-refractivity contribution < 1.29 is 0 Å². The van der Waals surface area contributed by atoms with Crippen molar-refractivity contribution in [3.05, 3.63) is 12.2 Å². The second kappa shape index (κ2) is 9.95. The summed E-state index contributed by atoms with van der Waals surface area (Å²) in [5, 5.41) is 6.75. The second-order valence-corrected chi connectivity index (χ2v) is 6.29. The molecule has 0 aliphatic carbocycles. The predicted octanol–water partition coefficient (Wildman–Crippen LogP) is 3.02. The summed E-state index contributed by atoms with van der Waals surface area (Å²) in [4.78, 5) is 4.24. The average Bonchev–Trinajstić information content (AvgIpc) is 2.76. The van der Waals surface area contributed by atoms with Gasteiger partial charge >= 0.3 is 0 Å². The van der Waals surface area contributed by atoms with E-state index in [4.69, 9.17) is 0 Å². The predicted molar refractivity (Wildman–Crippen MR) is 94.3 cm³/mol. The fourth-order valence-electron chi connectivity index (χ4n) is 1.91. The maximum absolute atomic E-state index is 4.24. The van der Waals surface area contributed by atoms with Crippen LogP contribution in [0.2, 0.25) is 0 Å². The Balaban J connectivity index is 0.00000289. The largest absolute Gasteiger partial charge is 0.356 e. The van der Waals surface area contributed by atoms with E-state index >= 15 is 0 Å². The smallest absolute Gasteiger partial charge is 0.191 e. The number of nitrogens with one attached hydrogen (secondary N) is 2. The van der Waals surface area contributed by atoms with Crippen molar-refractivity contribution in [3.8, 4) is 0 Å². The summed E-state index contributed by atoms with van der Waals surface area (Å²) in [5.74, 6) is 2.22. The second-order valence-electron chi connectivity index (χ2n) is 4.61. The van der Waals surface area contributed by atoms with E-state index in [-0.39, 0.29) is 24.0 Å². The Labute approximate surface area is 133 Å². The van der Waals surface area contributed by atoms with Gasteiger partial charge in [-0.15, -0.1) is 24.0 Å². The highest BCUT2D eigenvalue weighted by atomic mass is 127. The van der Waals surface area contributed by atoms with Gasteiger partial charge in [0.1, 0.15) is 0 Å². The number of rotatable bonds is 5. The van der Waals surface area contributed by atoms with Gasteiger partial charge < -0.3 is 10.6 Å². The molecule has 0 aromatic rings. The summed E-state index contributed by atoms with van der Waals surface area (Å²) in [7, 11) is 1.83. The molecule has 1 unspecified atom stereocenters. The molecule has 0 bridgehead atoms. The number of nitrogens with zero attached hydrogens (tertiary/aromatic N) is 1. The number of hydrogen-bond donors (Lipinski definition) is 2. The highest BCUT2D eigenvalue weighted by Gasteiger charge is 2.29. The van der Waals surface area contributed by atoms with Crippen LogP contribution in [0.3, 0.4) is 0 Å². The molecule has 0 spiro atoms. The zero-order valence-electron chi connectivity index (χ0n) is 11.7. The molecule has 1 heterocycles. The lowest BCUT2D eigenvalue weighted by Crippen LogP contribution is -2.43. The van der Waals surface area contributed by atoms with Gasteiger partial charge in [0.15, 0.2) is 5.96 Å². The maximum Gasteiger partial charge on any atom is 0.191 e. The van der Waals surface area contributed by atoms with Gasteiger partial charge in [-0.3, -0.25) is 4.99 Å². The van der Waals surface area contributed by atoms with E-state index in [1.54, 1.807) is 0 Å². The summed E-state index contributed by atoms with van der Waals surface area (Å²) in [6.07, 6.45) is 7.93. The highest BCUT2D eigenvalue weighted by molar-refractivity contribution is 14.0. The molecular formula is C13H26IN3S. The molecule has 3 nitrogen and oxygen atoms in total. The zero-order valence-corrected chi connectivity index (χ0v) is 14.8. The number of aliphatic imine (C=N–C) groups is 1. The van der Waals surface area contributed by atoms with Gasteiger partial charge in [-0.05, 0) is 38.9 Å². The number of guanidine groups is 1. The molecule has 0 aromatic carbocycles. The first-order valence-corrected chi connectivity index (χ1v) is 7.38. The number of thioether (sulfide) groups is 1. The van der Waals surface area contributed by atoms with Gasteiger partial charge in [0, 0.05) is 24.9 Å². The Morgan fingerprint density at radius 3 is 2.78 bits per heavy atom. The molecule has 18 heavy (non-hydrogen) atoms. The minimum Gasteiger partial charge on any atom is -0.356 e.